The first-order valence-corrected chi connectivity index (χ1v) is 7.39. The van der Waals surface area contributed by atoms with Crippen molar-refractivity contribution in [3.05, 3.63) is 0 Å². The van der Waals surface area contributed by atoms with Crippen molar-refractivity contribution < 1.29 is 8.42 Å². The summed E-state index contributed by atoms with van der Waals surface area (Å²) in [5.74, 6) is 0.710. The van der Waals surface area contributed by atoms with Crippen LogP contribution in [0.3, 0.4) is 0 Å². The van der Waals surface area contributed by atoms with Gasteiger partial charge in [-0.2, -0.15) is 0 Å². The zero-order chi connectivity index (χ0) is 11.3. The van der Waals surface area contributed by atoms with Crippen LogP contribution >= 0.6 is 0 Å². The van der Waals surface area contributed by atoms with E-state index in [0.717, 1.165) is 12.8 Å². The summed E-state index contributed by atoms with van der Waals surface area (Å²) in [6.07, 6.45) is 4.28. The Kier molecular flexibility index (Phi) is 2.43. The Morgan fingerprint density at radius 3 is 2.27 bits per heavy atom. The first-order chi connectivity index (χ1) is 6.83. The Balaban J connectivity index is 2.13. The minimum Gasteiger partial charge on any atom is -0.314 e. The number of hydrogen-bond acceptors (Lipinski definition) is 3. The van der Waals surface area contributed by atoms with E-state index in [1.165, 1.54) is 12.8 Å². The Bertz CT molecular complexity index is 355. The second kappa shape index (κ2) is 3.20. The predicted octanol–water partition coefficient (Wildman–Crippen LogP) is 1.34. The maximum absolute atomic E-state index is 11.9. The van der Waals surface area contributed by atoms with E-state index in [2.05, 4.69) is 5.32 Å². The minimum atomic E-state index is -2.85. The summed E-state index contributed by atoms with van der Waals surface area (Å²) >= 11 is 0. The van der Waals surface area contributed by atoms with Gasteiger partial charge in [0.2, 0.25) is 0 Å². The van der Waals surface area contributed by atoms with Gasteiger partial charge < -0.3 is 5.32 Å². The van der Waals surface area contributed by atoms with E-state index >= 15 is 0 Å². The molecule has 1 N–H and O–H groups in total. The molecule has 1 unspecified atom stereocenters. The molecular weight excluding hydrogens is 210 g/mol. The van der Waals surface area contributed by atoms with Crippen molar-refractivity contribution in [3.63, 3.8) is 0 Å². The van der Waals surface area contributed by atoms with Crippen molar-refractivity contribution in [1.29, 1.82) is 0 Å². The highest BCUT2D eigenvalue weighted by Gasteiger charge is 2.52. The molecule has 0 spiro atoms. The number of hydrogen-bond donors (Lipinski definition) is 1. The zero-order valence-electron chi connectivity index (χ0n) is 9.84. The third-order valence-corrected chi connectivity index (χ3v) is 7.25. The molecule has 2 rings (SSSR count). The quantitative estimate of drug-likeness (QED) is 0.797. The highest BCUT2D eigenvalue weighted by atomic mass is 32.2. The summed E-state index contributed by atoms with van der Waals surface area (Å²) in [6, 6.07) is 0. The van der Waals surface area contributed by atoms with Gasteiger partial charge in [0.1, 0.15) is 0 Å². The van der Waals surface area contributed by atoms with Crippen molar-refractivity contribution in [3.8, 4) is 0 Å². The van der Waals surface area contributed by atoms with Gasteiger partial charge in [0.15, 0.2) is 9.84 Å². The standard InChI is InChI=1S/C11H21NO2S/c1-10(2)9(4-7-15(10,13)14)8-11(12-3)5-6-11/h9,12H,4-8H2,1-3H3. The van der Waals surface area contributed by atoms with Crippen LogP contribution < -0.4 is 5.32 Å². The molecule has 1 saturated carbocycles. The Morgan fingerprint density at radius 2 is 1.93 bits per heavy atom. The molecule has 0 aromatic rings. The monoisotopic (exact) mass is 231 g/mol. The van der Waals surface area contributed by atoms with Gasteiger partial charge in [-0.25, -0.2) is 8.42 Å². The SMILES string of the molecule is CNC1(CC2CCS(=O)(=O)C2(C)C)CC1. The lowest BCUT2D eigenvalue weighted by Crippen LogP contribution is -2.39. The van der Waals surface area contributed by atoms with Gasteiger partial charge >= 0.3 is 0 Å². The van der Waals surface area contributed by atoms with Gasteiger partial charge in [0.25, 0.3) is 0 Å². The molecular formula is C11H21NO2S. The van der Waals surface area contributed by atoms with Gasteiger partial charge in [-0.1, -0.05) is 0 Å². The zero-order valence-corrected chi connectivity index (χ0v) is 10.7. The molecule has 15 heavy (non-hydrogen) atoms. The van der Waals surface area contributed by atoms with Crippen LogP contribution in [0.4, 0.5) is 0 Å². The van der Waals surface area contributed by atoms with Crippen molar-refractivity contribution in [2.45, 2.75) is 49.8 Å². The number of sulfone groups is 1. The van der Waals surface area contributed by atoms with Gasteiger partial charge in [0, 0.05) is 5.54 Å². The van der Waals surface area contributed by atoms with E-state index < -0.39 is 14.6 Å². The van der Waals surface area contributed by atoms with E-state index in [0.29, 0.717) is 11.7 Å². The smallest absolute Gasteiger partial charge is 0.155 e. The van der Waals surface area contributed by atoms with Crippen molar-refractivity contribution in [1.82, 2.24) is 5.32 Å². The summed E-state index contributed by atoms with van der Waals surface area (Å²) in [5, 5.41) is 3.35. The molecule has 3 nitrogen and oxygen atoms in total. The summed E-state index contributed by atoms with van der Waals surface area (Å²) in [6.45, 7) is 3.79. The molecule has 1 saturated heterocycles. The van der Waals surface area contributed by atoms with Crippen molar-refractivity contribution in [2.75, 3.05) is 12.8 Å². The summed E-state index contributed by atoms with van der Waals surface area (Å²) < 4.78 is 23.2. The van der Waals surface area contributed by atoms with E-state index in [9.17, 15) is 8.42 Å². The van der Waals surface area contributed by atoms with Crippen LogP contribution in [-0.4, -0.2) is 31.5 Å². The van der Waals surface area contributed by atoms with E-state index in [-0.39, 0.29) is 5.54 Å². The molecule has 1 atom stereocenters. The fourth-order valence-electron chi connectivity index (χ4n) is 2.69. The van der Waals surface area contributed by atoms with Gasteiger partial charge in [0.05, 0.1) is 10.5 Å². The molecule has 4 heteroatoms. The fraction of sp³-hybridized carbons (Fsp3) is 1.00. The number of nitrogens with one attached hydrogen (secondary N) is 1. The lowest BCUT2D eigenvalue weighted by molar-refractivity contribution is 0.331. The molecule has 0 bridgehead atoms. The van der Waals surface area contributed by atoms with Gasteiger partial charge in [-0.05, 0) is 52.5 Å². The van der Waals surface area contributed by atoms with Crippen LogP contribution in [0.15, 0.2) is 0 Å². The van der Waals surface area contributed by atoms with Crippen LogP contribution in [0.25, 0.3) is 0 Å². The van der Waals surface area contributed by atoms with Crippen LogP contribution in [0, 0.1) is 5.92 Å². The van der Waals surface area contributed by atoms with E-state index in [1.54, 1.807) is 0 Å². The fourth-order valence-corrected chi connectivity index (χ4v) is 4.52. The third kappa shape index (κ3) is 1.72. The average Bonchev–Trinajstić information content (AvgIpc) is 2.88. The lowest BCUT2D eigenvalue weighted by Gasteiger charge is -2.29. The maximum atomic E-state index is 11.9. The molecule has 0 aromatic carbocycles. The molecule has 1 aliphatic heterocycles. The first kappa shape index (κ1) is 11.4. The Morgan fingerprint density at radius 1 is 1.33 bits per heavy atom. The Hall–Kier alpha value is -0.0900. The molecule has 2 fully saturated rings. The normalized spacial score (nSPS) is 35.3. The number of rotatable bonds is 3. The molecule has 1 heterocycles. The first-order valence-electron chi connectivity index (χ1n) is 5.74. The Labute approximate surface area is 92.6 Å². The second-order valence-electron chi connectivity index (χ2n) is 5.64. The molecule has 2 aliphatic rings. The molecule has 88 valence electrons. The van der Waals surface area contributed by atoms with Gasteiger partial charge in [-0.3, -0.25) is 0 Å². The summed E-state index contributed by atoms with van der Waals surface area (Å²) in [5.41, 5.74) is 0.266. The molecule has 0 radical (unpaired) electrons. The van der Waals surface area contributed by atoms with Crippen LogP contribution in [0.1, 0.15) is 39.5 Å². The molecule has 1 aliphatic carbocycles. The van der Waals surface area contributed by atoms with E-state index in [4.69, 9.17) is 0 Å². The van der Waals surface area contributed by atoms with Crippen LogP contribution in [-0.2, 0) is 9.84 Å². The summed E-state index contributed by atoms with van der Waals surface area (Å²) in [7, 11) is -0.865. The summed E-state index contributed by atoms with van der Waals surface area (Å²) in [4.78, 5) is 0. The molecule has 0 amide bonds. The minimum absolute atomic E-state index is 0.266. The third-order valence-electron chi connectivity index (χ3n) is 4.54. The topological polar surface area (TPSA) is 46.2 Å². The van der Waals surface area contributed by atoms with Crippen molar-refractivity contribution >= 4 is 9.84 Å². The highest BCUT2D eigenvalue weighted by molar-refractivity contribution is 7.93. The van der Waals surface area contributed by atoms with Crippen molar-refractivity contribution in [2.24, 2.45) is 5.92 Å². The second-order valence-corrected chi connectivity index (χ2v) is 8.33. The van der Waals surface area contributed by atoms with Gasteiger partial charge in [-0.15, -0.1) is 0 Å². The highest BCUT2D eigenvalue weighted by Crippen LogP contribution is 2.48. The predicted molar refractivity (Wildman–Crippen MR) is 61.6 cm³/mol. The van der Waals surface area contributed by atoms with Crippen LogP contribution in [0.5, 0.6) is 0 Å². The van der Waals surface area contributed by atoms with Crippen LogP contribution in [0.2, 0.25) is 0 Å². The maximum Gasteiger partial charge on any atom is 0.155 e. The molecule has 0 aromatic heterocycles. The van der Waals surface area contributed by atoms with E-state index in [1.807, 2.05) is 20.9 Å². The lowest BCUT2D eigenvalue weighted by atomic mass is 9.86. The average molecular weight is 231 g/mol. The largest absolute Gasteiger partial charge is 0.314 e.